The predicted molar refractivity (Wildman–Crippen MR) is 117 cm³/mol. The van der Waals surface area contributed by atoms with Gasteiger partial charge >= 0.3 is 0 Å². The molecule has 0 atom stereocenters. The molecule has 1 saturated carbocycles. The first-order chi connectivity index (χ1) is 14.8. The number of aromatic nitrogens is 2. The minimum absolute atomic E-state index is 0.204. The monoisotopic (exact) mass is 412 g/mol. The fraction of sp³-hybridized carbons (Fsp3) is 0.625. The summed E-state index contributed by atoms with van der Waals surface area (Å²) >= 11 is 0. The van der Waals surface area contributed by atoms with Crippen molar-refractivity contribution in [2.75, 3.05) is 50.8 Å². The summed E-state index contributed by atoms with van der Waals surface area (Å²) in [7, 11) is 0. The number of ether oxygens (including phenoxy) is 1. The number of benzene rings is 1. The van der Waals surface area contributed by atoms with Crippen molar-refractivity contribution < 1.29 is 9.13 Å². The predicted octanol–water partition coefficient (Wildman–Crippen LogP) is 4.22. The molecule has 0 radical (unpaired) electrons. The smallest absolute Gasteiger partial charge is 0.123 e. The maximum Gasteiger partial charge on any atom is 0.123 e. The maximum absolute atomic E-state index is 13.3. The molecule has 1 aliphatic carbocycles. The standard InChI is InChI=1S/C24H33FN4O/c25-21-4-6-22(7-5-21)29-18-23(24(26-29)20-2-1-3-20)28-12-9-19(10-13-28)8-11-27-14-16-30-17-15-27/h4-7,18-20H,1-3,8-17H2. The zero-order chi connectivity index (χ0) is 20.3. The Kier molecular flexibility index (Phi) is 6.05. The van der Waals surface area contributed by atoms with Gasteiger partial charge in [-0.25, -0.2) is 9.07 Å². The van der Waals surface area contributed by atoms with E-state index in [0.29, 0.717) is 5.92 Å². The fourth-order valence-corrected chi connectivity index (χ4v) is 4.97. The summed E-state index contributed by atoms with van der Waals surface area (Å²) in [6.07, 6.45) is 9.78. The lowest BCUT2D eigenvalue weighted by atomic mass is 9.82. The molecule has 1 aromatic carbocycles. The Labute approximate surface area is 178 Å². The van der Waals surface area contributed by atoms with Gasteiger partial charge in [-0.15, -0.1) is 0 Å². The van der Waals surface area contributed by atoms with E-state index in [1.54, 1.807) is 0 Å². The maximum atomic E-state index is 13.3. The van der Waals surface area contributed by atoms with Crippen LogP contribution < -0.4 is 4.90 Å². The lowest BCUT2D eigenvalue weighted by Crippen LogP contribution is -2.39. The summed E-state index contributed by atoms with van der Waals surface area (Å²) < 4.78 is 20.8. The van der Waals surface area contributed by atoms with Crippen LogP contribution in [0.15, 0.2) is 30.5 Å². The van der Waals surface area contributed by atoms with E-state index in [2.05, 4.69) is 16.0 Å². The first kappa shape index (κ1) is 20.0. The minimum Gasteiger partial charge on any atom is -0.379 e. The molecule has 0 spiro atoms. The topological polar surface area (TPSA) is 33.5 Å². The molecule has 1 aromatic heterocycles. The van der Waals surface area contributed by atoms with Crippen molar-refractivity contribution >= 4 is 5.69 Å². The van der Waals surface area contributed by atoms with Crippen molar-refractivity contribution in [3.8, 4) is 5.69 Å². The molecular weight excluding hydrogens is 379 g/mol. The van der Waals surface area contributed by atoms with E-state index in [9.17, 15) is 4.39 Å². The van der Waals surface area contributed by atoms with Crippen molar-refractivity contribution in [3.63, 3.8) is 0 Å². The zero-order valence-electron chi connectivity index (χ0n) is 17.8. The second-order valence-electron chi connectivity index (χ2n) is 9.12. The van der Waals surface area contributed by atoms with Gasteiger partial charge in [-0.2, -0.15) is 5.10 Å². The lowest BCUT2D eigenvalue weighted by molar-refractivity contribution is 0.0349. The normalized spacial score (nSPS) is 21.7. The summed E-state index contributed by atoms with van der Waals surface area (Å²) in [5.74, 6) is 1.20. The van der Waals surface area contributed by atoms with Crippen LogP contribution in [0.3, 0.4) is 0 Å². The highest BCUT2D eigenvalue weighted by Gasteiger charge is 2.30. The van der Waals surface area contributed by atoms with Crippen LogP contribution in [0.5, 0.6) is 0 Å². The lowest BCUT2D eigenvalue weighted by Gasteiger charge is -2.36. The molecule has 2 saturated heterocycles. The first-order valence-electron chi connectivity index (χ1n) is 11.7. The third-order valence-corrected chi connectivity index (χ3v) is 7.22. The molecule has 3 aliphatic rings. The van der Waals surface area contributed by atoms with Gasteiger partial charge in [-0.05, 0) is 68.8 Å². The van der Waals surface area contributed by atoms with Crippen molar-refractivity contribution in [2.45, 2.75) is 44.4 Å². The highest BCUT2D eigenvalue weighted by Crippen LogP contribution is 2.41. The summed E-state index contributed by atoms with van der Waals surface area (Å²) in [6.45, 7) is 7.40. The fourth-order valence-electron chi connectivity index (χ4n) is 4.97. The van der Waals surface area contributed by atoms with Crippen LogP contribution in [0.4, 0.5) is 10.1 Å². The summed E-state index contributed by atoms with van der Waals surface area (Å²) in [5, 5.41) is 4.96. The largest absolute Gasteiger partial charge is 0.379 e. The van der Waals surface area contributed by atoms with Gasteiger partial charge in [0.05, 0.1) is 36.5 Å². The molecule has 0 unspecified atom stereocenters. The van der Waals surface area contributed by atoms with Gasteiger partial charge in [0.15, 0.2) is 0 Å². The van der Waals surface area contributed by atoms with Gasteiger partial charge in [0, 0.05) is 32.1 Å². The summed E-state index contributed by atoms with van der Waals surface area (Å²) in [4.78, 5) is 5.10. The molecule has 30 heavy (non-hydrogen) atoms. The highest BCUT2D eigenvalue weighted by molar-refractivity contribution is 5.53. The van der Waals surface area contributed by atoms with Gasteiger partial charge in [0.2, 0.25) is 0 Å². The third kappa shape index (κ3) is 4.40. The molecule has 3 fully saturated rings. The molecule has 5 rings (SSSR count). The Balaban J connectivity index is 1.24. The van der Waals surface area contributed by atoms with E-state index >= 15 is 0 Å². The zero-order valence-corrected chi connectivity index (χ0v) is 17.8. The Bertz CT molecular complexity index is 818. The number of nitrogens with zero attached hydrogens (tertiary/aromatic N) is 4. The van der Waals surface area contributed by atoms with E-state index < -0.39 is 0 Å². The van der Waals surface area contributed by atoms with E-state index in [0.717, 1.165) is 51.0 Å². The van der Waals surface area contributed by atoms with E-state index in [1.807, 2.05) is 16.8 Å². The summed E-state index contributed by atoms with van der Waals surface area (Å²) in [5.41, 5.74) is 3.48. The SMILES string of the molecule is Fc1ccc(-n2cc(N3CCC(CCN4CCOCC4)CC3)c(C3CCC3)n2)cc1. The molecular formula is C24H33FN4O. The molecule has 3 heterocycles. The molecule has 0 amide bonds. The quantitative estimate of drug-likeness (QED) is 0.711. The van der Waals surface area contributed by atoms with Crippen LogP contribution in [-0.4, -0.2) is 60.6 Å². The van der Waals surface area contributed by atoms with Crippen LogP contribution in [-0.2, 0) is 4.74 Å². The van der Waals surface area contributed by atoms with E-state index in [4.69, 9.17) is 9.84 Å². The molecule has 0 N–H and O–H groups in total. The van der Waals surface area contributed by atoms with Crippen LogP contribution in [0.1, 0.15) is 50.1 Å². The second kappa shape index (κ2) is 9.06. The molecule has 2 aromatic rings. The van der Waals surface area contributed by atoms with Crippen molar-refractivity contribution in [1.82, 2.24) is 14.7 Å². The van der Waals surface area contributed by atoms with Crippen molar-refractivity contribution in [2.24, 2.45) is 5.92 Å². The summed E-state index contributed by atoms with van der Waals surface area (Å²) in [6, 6.07) is 6.66. The molecule has 0 bridgehead atoms. The molecule has 6 heteroatoms. The van der Waals surface area contributed by atoms with Crippen LogP contribution in [0.2, 0.25) is 0 Å². The van der Waals surface area contributed by atoms with Gasteiger partial charge in [0.1, 0.15) is 5.82 Å². The van der Waals surface area contributed by atoms with Gasteiger partial charge in [-0.3, -0.25) is 4.90 Å². The van der Waals surface area contributed by atoms with Gasteiger partial charge in [0.25, 0.3) is 0 Å². The number of piperidine rings is 1. The van der Waals surface area contributed by atoms with Crippen LogP contribution in [0.25, 0.3) is 5.69 Å². The molecule has 5 nitrogen and oxygen atoms in total. The number of halogens is 1. The van der Waals surface area contributed by atoms with E-state index in [1.165, 1.54) is 68.6 Å². The van der Waals surface area contributed by atoms with Crippen LogP contribution >= 0.6 is 0 Å². The molecule has 162 valence electrons. The highest BCUT2D eigenvalue weighted by atomic mass is 19.1. The van der Waals surface area contributed by atoms with Gasteiger partial charge in [-0.1, -0.05) is 6.42 Å². The van der Waals surface area contributed by atoms with Crippen LogP contribution in [0, 0.1) is 11.7 Å². The Morgan fingerprint density at radius 2 is 1.70 bits per heavy atom. The number of hydrogen-bond donors (Lipinski definition) is 0. The third-order valence-electron chi connectivity index (χ3n) is 7.22. The Morgan fingerprint density at radius 3 is 2.37 bits per heavy atom. The average molecular weight is 413 g/mol. The van der Waals surface area contributed by atoms with Crippen molar-refractivity contribution in [1.29, 1.82) is 0 Å². The Morgan fingerprint density at radius 1 is 0.967 bits per heavy atom. The Hall–Kier alpha value is -1.92. The second-order valence-corrected chi connectivity index (χ2v) is 9.12. The molecule has 2 aliphatic heterocycles. The number of anilines is 1. The number of rotatable bonds is 6. The minimum atomic E-state index is -0.204. The van der Waals surface area contributed by atoms with Crippen molar-refractivity contribution in [3.05, 3.63) is 42.0 Å². The van der Waals surface area contributed by atoms with E-state index in [-0.39, 0.29) is 5.82 Å². The van der Waals surface area contributed by atoms with Gasteiger partial charge < -0.3 is 9.64 Å². The average Bonchev–Trinajstić information content (AvgIpc) is 3.17. The first-order valence-corrected chi connectivity index (χ1v) is 11.7. The number of hydrogen-bond acceptors (Lipinski definition) is 4. The number of morpholine rings is 1.